The van der Waals surface area contributed by atoms with Gasteiger partial charge in [0.05, 0.1) is 16.4 Å². The van der Waals surface area contributed by atoms with Crippen LogP contribution in [0.15, 0.2) is 32.8 Å². The van der Waals surface area contributed by atoms with Gasteiger partial charge >= 0.3 is 11.7 Å². The average molecular weight is 525 g/mol. The third-order valence-electron chi connectivity index (χ3n) is 5.43. The summed E-state index contributed by atoms with van der Waals surface area (Å²) in [7, 11) is 3.17. The molecule has 9 nitrogen and oxygen atoms in total. The van der Waals surface area contributed by atoms with Gasteiger partial charge in [-0.05, 0) is 19.9 Å². The number of carboxylic acids is 1. The number of benzene rings is 1. The van der Waals surface area contributed by atoms with Crippen LogP contribution in [-0.4, -0.2) is 35.2 Å². The SMILES string of the molecule is Cc1c(Oc2cc(-n3c(=O)cc(C(C)(C)C)n(C)c3=O)c(F)cc2Cl)c(SC(C)C(=O)O)nn1C. The van der Waals surface area contributed by atoms with Crippen molar-refractivity contribution in [2.24, 2.45) is 14.1 Å². The molecule has 0 aliphatic heterocycles. The second-order valence-corrected chi connectivity index (χ2v) is 10.8. The Bertz CT molecular complexity index is 1440. The summed E-state index contributed by atoms with van der Waals surface area (Å²) >= 11 is 7.21. The Morgan fingerprint density at radius 3 is 2.43 bits per heavy atom. The zero-order valence-corrected chi connectivity index (χ0v) is 21.9. The van der Waals surface area contributed by atoms with Gasteiger partial charge in [0.2, 0.25) is 0 Å². The third kappa shape index (κ3) is 5.15. The first kappa shape index (κ1) is 26.6. The molecular weight excluding hydrogens is 499 g/mol. The van der Waals surface area contributed by atoms with Crippen molar-refractivity contribution in [3.63, 3.8) is 0 Å². The second kappa shape index (κ2) is 9.54. The maximum atomic E-state index is 15.0. The molecule has 0 bridgehead atoms. The minimum absolute atomic E-state index is 0.0298. The molecule has 0 saturated carbocycles. The molecule has 0 radical (unpaired) electrons. The number of rotatable bonds is 6. The van der Waals surface area contributed by atoms with Gasteiger partial charge in [-0.2, -0.15) is 5.10 Å². The lowest BCUT2D eigenvalue weighted by atomic mass is 9.91. The van der Waals surface area contributed by atoms with Gasteiger partial charge in [0.25, 0.3) is 5.56 Å². The van der Waals surface area contributed by atoms with E-state index in [0.717, 1.165) is 17.8 Å². The Hall–Kier alpha value is -3.05. The lowest BCUT2D eigenvalue weighted by Gasteiger charge is -2.23. The van der Waals surface area contributed by atoms with Gasteiger partial charge in [-0.1, -0.05) is 44.1 Å². The highest BCUT2D eigenvalue weighted by Gasteiger charge is 2.25. The fraction of sp³-hybridized carbons (Fsp3) is 0.391. The Morgan fingerprint density at radius 2 is 1.86 bits per heavy atom. The van der Waals surface area contributed by atoms with E-state index in [1.54, 1.807) is 14.0 Å². The van der Waals surface area contributed by atoms with E-state index in [9.17, 15) is 23.9 Å². The molecule has 2 heterocycles. The topological polar surface area (TPSA) is 108 Å². The zero-order chi connectivity index (χ0) is 26.4. The highest BCUT2D eigenvalue weighted by molar-refractivity contribution is 8.00. The Balaban J connectivity index is 2.16. The van der Waals surface area contributed by atoms with Crippen LogP contribution in [0.4, 0.5) is 4.39 Å². The van der Waals surface area contributed by atoms with Crippen LogP contribution in [-0.2, 0) is 24.3 Å². The largest absolute Gasteiger partial charge is 0.480 e. The van der Waals surface area contributed by atoms with E-state index in [2.05, 4.69) is 5.10 Å². The van der Waals surface area contributed by atoms with Gasteiger partial charge in [0.15, 0.2) is 10.8 Å². The van der Waals surface area contributed by atoms with Crippen molar-refractivity contribution in [2.45, 2.75) is 50.3 Å². The number of carboxylic acid groups (broad SMARTS) is 1. The summed E-state index contributed by atoms with van der Waals surface area (Å²) in [6, 6.07) is 3.41. The normalized spacial score (nSPS) is 12.6. The van der Waals surface area contributed by atoms with Gasteiger partial charge in [-0.25, -0.2) is 13.8 Å². The summed E-state index contributed by atoms with van der Waals surface area (Å²) in [5.74, 6) is -1.71. The molecule has 188 valence electrons. The summed E-state index contributed by atoms with van der Waals surface area (Å²) in [6.07, 6.45) is 0. The van der Waals surface area contributed by atoms with E-state index in [-0.39, 0.29) is 22.2 Å². The number of ether oxygens (including phenoxy) is 1. The molecule has 0 aliphatic rings. The van der Waals surface area contributed by atoms with Crippen LogP contribution in [0.25, 0.3) is 5.69 Å². The molecule has 2 aromatic heterocycles. The third-order valence-corrected chi connectivity index (χ3v) is 6.77. The van der Waals surface area contributed by atoms with Gasteiger partial charge in [-0.3, -0.25) is 18.8 Å². The lowest BCUT2D eigenvalue weighted by molar-refractivity contribution is -0.136. The minimum atomic E-state index is -1.03. The Morgan fingerprint density at radius 1 is 1.23 bits per heavy atom. The van der Waals surface area contributed by atoms with Gasteiger partial charge in [0.1, 0.15) is 16.8 Å². The maximum Gasteiger partial charge on any atom is 0.335 e. The van der Waals surface area contributed by atoms with Gasteiger partial charge in [0, 0.05) is 37.3 Å². The molecule has 1 atom stereocenters. The molecule has 1 unspecified atom stereocenters. The molecule has 0 fully saturated rings. The summed E-state index contributed by atoms with van der Waals surface area (Å²) in [4.78, 5) is 37.3. The van der Waals surface area contributed by atoms with Crippen LogP contribution >= 0.6 is 23.4 Å². The summed E-state index contributed by atoms with van der Waals surface area (Å²) in [5, 5.41) is 12.9. The first-order valence-electron chi connectivity index (χ1n) is 10.6. The molecule has 12 heteroatoms. The Kier molecular flexibility index (Phi) is 7.24. The minimum Gasteiger partial charge on any atom is -0.480 e. The van der Waals surface area contributed by atoms with Crippen LogP contribution in [0, 0.1) is 12.7 Å². The van der Waals surface area contributed by atoms with Crippen molar-refractivity contribution in [1.29, 1.82) is 0 Å². The van der Waals surface area contributed by atoms with Crippen LogP contribution in [0.3, 0.4) is 0 Å². The molecule has 0 spiro atoms. The monoisotopic (exact) mass is 524 g/mol. The summed E-state index contributed by atoms with van der Waals surface area (Å²) < 4.78 is 24.4. The quantitative estimate of drug-likeness (QED) is 0.485. The number of halogens is 2. The van der Waals surface area contributed by atoms with E-state index >= 15 is 0 Å². The molecule has 3 rings (SSSR count). The fourth-order valence-corrected chi connectivity index (χ4v) is 4.51. The zero-order valence-electron chi connectivity index (χ0n) is 20.3. The molecule has 0 amide bonds. The summed E-state index contributed by atoms with van der Waals surface area (Å²) in [5.41, 5.74) is -1.18. The van der Waals surface area contributed by atoms with Crippen molar-refractivity contribution in [2.75, 3.05) is 0 Å². The molecule has 3 aromatic rings. The first-order chi connectivity index (χ1) is 16.1. The number of aromatic nitrogens is 4. The predicted molar refractivity (Wildman–Crippen MR) is 132 cm³/mol. The smallest absolute Gasteiger partial charge is 0.335 e. The van der Waals surface area contributed by atoms with Crippen LogP contribution < -0.4 is 16.0 Å². The molecule has 1 N–H and O–H groups in total. The number of aryl methyl sites for hydroxylation is 1. The predicted octanol–water partition coefficient (Wildman–Crippen LogP) is 4.03. The highest BCUT2D eigenvalue weighted by Crippen LogP contribution is 2.40. The maximum absolute atomic E-state index is 15.0. The Labute approximate surface area is 210 Å². The van der Waals surface area contributed by atoms with Gasteiger partial charge in [-0.15, -0.1) is 0 Å². The summed E-state index contributed by atoms with van der Waals surface area (Å²) in [6.45, 7) is 8.79. The van der Waals surface area contributed by atoms with Crippen LogP contribution in [0.1, 0.15) is 39.1 Å². The first-order valence-corrected chi connectivity index (χ1v) is 11.8. The number of nitrogens with zero attached hydrogens (tertiary/aromatic N) is 4. The number of carbonyl (C=O) groups is 1. The van der Waals surface area contributed by atoms with Crippen molar-refractivity contribution in [3.05, 3.63) is 61.3 Å². The fourth-order valence-electron chi connectivity index (χ4n) is 3.42. The van der Waals surface area contributed by atoms with Crippen LogP contribution in [0.5, 0.6) is 11.5 Å². The van der Waals surface area contributed by atoms with E-state index in [0.29, 0.717) is 21.0 Å². The molecular formula is C23H26ClFN4O5S. The van der Waals surface area contributed by atoms with Crippen molar-refractivity contribution in [1.82, 2.24) is 18.9 Å². The number of hydrogen-bond donors (Lipinski definition) is 1. The average Bonchev–Trinajstić information content (AvgIpc) is 3.00. The van der Waals surface area contributed by atoms with E-state index in [1.807, 2.05) is 20.8 Å². The lowest BCUT2D eigenvalue weighted by Crippen LogP contribution is -2.41. The molecule has 0 aliphatic carbocycles. The molecule has 0 saturated heterocycles. The molecule has 35 heavy (non-hydrogen) atoms. The van der Waals surface area contributed by atoms with Crippen molar-refractivity contribution in [3.8, 4) is 17.2 Å². The highest BCUT2D eigenvalue weighted by atomic mass is 35.5. The van der Waals surface area contributed by atoms with E-state index in [4.69, 9.17) is 16.3 Å². The van der Waals surface area contributed by atoms with E-state index < -0.39 is 33.7 Å². The number of aliphatic carboxylic acids is 1. The standard InChI is InChI=1S/C23H26ClFN4O5S/c1-11-19(20(26-28(11)7)35-12(2)21(31)32)34-16-9-15(14(25)8-13(16)24)29-18(30)10-17(23(3,4)5)27(6)22(29)33/h8-10,12H,1-7H3,(H,31,32). The van der Waals surface area contributed by atoms with Crippen LogP contribution in [0.2, 0.25) is 5.02 Å². The van der Waals surface area contributed by atoms with Gasteiger partial charge < -0.3 is 9.84 Å². The van der Waals surface area contributed by atoms with Crippen molar-refractivity contribution < 1.29 is 19.0 Å². The number of hydrogen-bond acceptors (Lipinski definition) is 6. The molecule has 1 aromatic carbocycles. The number of thioether (sulfide) groups is 1. The second-order valence-electron chi connectivity index (χ2n) is 9.07. The van der Waals surface area contributed by atoms with E-state index in [1.165, 1.54) is 35.4 Å². The van der Waals surface area contributed by atoms with Crippen molar-refractivity contribution >= 4 is 29.3 Å².